The zero-order valence-electron chi connectivity index (χ0n) is 16.6. The van der Waals surface area contributed by atoms with E-state index < -0.39 is 0 Å². The lowest BCUT2D eigenvalue weighted by Gasteiger charge is -2.14. The van der Waals surface area contributed by atoms with Gasteiger partial charge in [0.25, 0.3) is 5.78 Å². The van der Waals surface area contributed by atoms with Crippen molar-refractivity contribution >= 4 is 5.78 Å². The highest BCUT2D eigenvalue weighted by Crippen LogP contribution is 2.41. The molecule has 4 rings (SSSR count). The molecule has 2 aromatic heterocycles. The van der Waals surface area contributed by atoms with Crippen molar-refractivity contribution in [1.29, 1.82) is 0 Å². The van der Waals surface area contributed by atoms with Gasteiger partial charge in [-0.15, -0.1) is 5.10 Å². The van der Waals surface area contributed by atoms with Crippen LogP contribution in [-0.2, 0) is 12.8 Å². The number of benzene rings is 2. The third-order valence-corrected chi connectivity index (χ3v) is 4.73. The van der Waals surface area contributed by atoms with Crippen LogP contribution in [0.25, 0.3) is 17.0 Å². The molecule has 0 spiro atoms. The molecule has 0 unspecified atom stereocenters. The second-order valence-corrected chi connectivity index (χ2v) is 6.47. The number of methoxy groups -OCH3 is 3. The van der Waals surface area contributed by atoms with E-state index in [1.807, 2.05) is 36.4 Å². The van der Waals surface area contributed by atoms with Gasteiger partial charge in [0.15, 0.2) is 17.3 Å². The minimum atomic E-state index is 0.547. The first-order chi connectivity index (χ1) is 14.2. The van der Waals surface area contributed by atoms with Crippen molar-refractivity contribution in [3.8, 4) is 28.5 Å². The Labute approximate surface area is 168 Å². The molecular formula is C22H22N4O3. The van der Waals surface area contributed by atoms with Gasteiger partial charge in [-0.25, -0.2) is 4.98 Å². The van der Waals surface area contributed by atoms with Crippen molar-refractivity contribution in [2.75, 3.05) is 21.3 Å². The van der Waals surface area contributed by atoms with Crippen LogP contribution < -0.4 is 14.2 Å². The minimum absolute atomic E-state index is 0.547. The average Bonchev–Trinajstić information content (AvgIpc) is 3.20. The first-order valence-corrected chi connectivity index (χ1v) is 9.28. The third kappa shape index (κ3) is 3.71. The largest absolute Gasteiger partial charge is 0.493 e. The summed E-state index contributed by atoms with van der Waals surface area (Å²) in [5.41, 5.74) is 2.96. The quantitative estimate of drug-likeness (QED) is 0.480. The van der Waals surface area contributed by atoms with Gasteiger partial charge in [0.1, 0.15) is 0 Å². The van der Waals surface area contributed by atoms with E-state index in [9.17, 15) is 0 Å². The van der Waals surface area contributed by atoms with Crippen LogP contribution in [0.3, 0.4) is 0 Å². The first kappa shape index (κ1) is 18.7. The molecule has 4 aromatic rings. The third-order valence-electron chi connectivity index (χ3n) is 4.73. The molecule has 0 aliphatic carbocycles. The van der Waals surface area contributed by atoms with E-state index in [2.05, 4.69) is 27.2 Å². The van der Waals surface area contributed by atoms with Gasteiger partial charge in [-0.05, 0) is 30.2 Å². The molecule has 0 atom stereocenters. The van der Waals surface area contributed by atoms with E-state index in [4.69, 9.17) is 14.2 Å². The molecule has 0 N–H and O–H groups in total. The summed E-state index contributed by atoms with van der Waals surface area (Å²) in [6.45, 7) is 0. The van der Waals surface area contributed by atoms with Gasteiger partial charge in [-0.3, -0.25) is 0 Å². The van der Waals surface area contributed by atoms with Gasteiger partial charge in [0.05, 0.1) is 27.0 Å². The van der Waals surface area contributed by atoms with Gasteiger partial charge < -0.3 is 14.2 Å². The molecule has 7 heteroatoms. The predicted molar refractivity (Wildman–Crippen MR) is 110 cm³/mol. The van der Waals surface area contributed by atoms with Gasteiger partial charge in [0, 0.05) is 18.2 Å². The monoisotopic (exact) mass is 390 g/mol. The lowest BCUT2D eigenvalue weighted by molar-refractivity contribution is 0.324. The lowest BCUT2D eigenvalue weighted by Crippen LogP contribution is -2.00. The lowest BCUT2D eigenvalue weighted by atomic mass is 10.1. The van der Waals surface area contributed by atoms with E-state index in [0.29, 0.717) is 23.0 Å². The van der Waals surface area contributed by atoms with Crippen molar-refractivity contribution < 1.29 is 14.2 Å². The van der Waals surface area contributed by atoms with Gasteiger partial charge >= 0.3 is 0 Å². The Morgan fingerprint density at radius 1 is 0.862 bits per heavy atom. The molecule has 0 bridgehead atoms. The normalized spacial score (nSPS) is 10.9. The van der Waals surface area contributed by atoms with Crippen LogP contribution in [0.1, 0.15) is 11.4 Å². The number of ether oxygens (including phenoxy) is 3. The predicted octanol–water partition coefficient (Wildman–Crippen LogP) is 3.60. The van der Waals surface area contributed by atoms with Gasteiger partial charge in [-0.2, -0.15) is 9.50 Å². The Hall–Kier alpha value is -3.61. The van der Waals surface area contributed by atoms with Crippen molar-refractivity contribution in [1.82, 2.24) is 19.6 Å². The van der Waals surface area contributed by atoms with E-state index in [-0.39, 0.29) is 0 Å². The highest BCUT2D eigenvalue weighted by Gasteiger charge is 2.17. The SMILES string of the molecule is COc1cc(-c2ccnc3nc(CCc4ccccc4)nn23)cc(OC)c1OC. The Balaban J connectivity index is 1.72. The Morgan fingerprint density at radius 2 is 1.59 bits per heavy atom. The smallest absolute Gasteiger partial charge is 0.252 e. The Bertz CT molecular complexity index is 1100. The molecule has 0 radical (unpaired) electrons. The van der Waals surface area contributed by atoms with Crippen LogP contribution in [0.2, 0.25) is 0 Å². The average molecular weight is 390 g/mol. The fourth-order valence-electron chi connectivity index (χ4n) is 3.29. The summed E-state index contributed by atoms with van der Waals surface area (Å²) in [7, 11) is 4.78. The van der Waals surface area contributed by atoms with E-state index in [0.717, 1.165) is 29.9 Å². The standard InChI is InChI=1S/C22H22N4O3/c1-27-18-13-16(14-19(28-2)21(18)29-3)17-11-12-23-22-24-20(25-26(17)22)10-9-15-7-5-4-6-8-15/h4-8,11-14H,9-10H2,1-3H3. The molecule has 0 aliphatic rings. The molecule has 2 heterocycles. The highest BCUT2D eigenvalue weighted by molar-refractivity contribution is 5.69. The fourth-order valence-corrected chi connectivity index (χ4v) is 3.29. The fraction of sp³-hybridized carbons (Fsp3) is 0.227. The number of hydrogen-bond acceptors (Lipinski definition) is 6. The number of hydrogen-bond donors (Lipinski definition) is 0. The number of nitrogens with zero attached hydrogens (tertiary/aromatic N) is 4. The molecule has 0 fully saturated rings. The highest BCUT2D eigenvalue weighted by atomic mass is 16.5. The van der Waals surface area contributed by atoms with Gasteiger partial charge in [0.2, 0.25) is 5.75 Å². The molecule has 0 saturated heterocycles. The number of fused-ring (bicyclic) bond motifs is 1. The maximum absolute atomic E-state index is 5.48. The van der Waals surface area contributed by atoms with Crippen LogP contribution >= 0.6 is 0 Å². The van der Waals surface area contributed by atoms with Crippen LogP contribution in [0.15, 0.2) is 54.7 Å². The first-order valence-electron chi connectivity index (χ1n) is 9.28. The molecule has 0 saturated carbocycles. The molecular weight excluding hydrogens is 368 g/mol. The second kappa shape index (κ2) is 8.18. The Kier molecular flexibility index (Phi) is 5.29. The van der Waals surface area contributed by atoms with E-state index in [1.54, 1.807) is 32.0 Å². The summed E-state index contributed by atoms with van der Waals surface area (Å²) in [5, 5.41) is 4.69. The van der Waals surface area contributed by atoms with Crippen LogP contribution in [-0.4, -0.2) is 40.9 Å². The molecule has 0 amide bonds. The maximum Gasteiger partial charge on any atom is 0.252 e. The summed E-state index contributed by atoms with van der Waals surface area (Å²) in [5.74, 6) is 3.01. The van der Waals surface area contributed by atoms with Crippen molar-refractivity contribution in [3.63, 3.8) is 0 Å². The Morgan fingerprint density at radius 3 is 2.24 bits per heavy atom. The van der Waals surface area contributed by atoms with Gasteiger partial charge in [-0.1, -0.05) is 30.3 Å². The summed E-state index contributed by atoms with van der Waals surface area (Å²) >= 11 is 0. The number of aromatic nitrogens is 4. The number of rotatable bonds is 7. The van der Waals surface area contributed by atoms with E-state index in [1.165, 1.54) is 5.56 Å². The molecule has 29 heavy (non-hydrogen) atoms. The summed E-state index contributed by atoms with van der Waals surface area (Å²) < 4.78 is 18.1. The summed E-state index contributed by atoms with van der Waals surface area (Å²) in [6.07, 6.45) is 3.34. The van der Waals surface area contributed by atoms with Crippen LogP contribution in [0, 0.1) is 0 Å². The van der Waals surface area contributed by atoms with Crippen molar-refractivity contribution in [3.05, 3.63) is 66.1 Å². The molecule has 0 aliphatic heterocycles. The van der Waals surface area contributed by atoms with Crippen LogP contribution in [0.5, 0.6) is 17.2 Å². The van der Waals surface area contributed by atoms with Crippen LogP contribution in [0.4, 0.5) is 0 Å². The second-order valence-electron chi connectivity index (χ2n) is 6.47. The van der Waals surface area contributed by atoms with E-state index >= 15 is 0 Å². The molecule has 148 valence electrons. The molecule has 2 aromatic carbocycles. The van der Waals surface area contributed by atoms with Crippen molar-refractivity contribution in [2.45, 2.75) is 12.8 Å². The molecule has 7 nitrogen and oxygen atoms in total. The zero-order chi connectivity index (χ0) is 20.2. The summed E-state index contributed by atoms with van der Waals surface area (Å²) in [6, 6.07) is 16.0. The summed E-state index contributed by atoms with van der Waals surface area (Å²) in [4.78, 5) is 8.95. The minimum Gasteiger partial charge on any atom is -0.493 e. The maximum atomic E-state index is 5.48. The number of aryl methyl sites for hydroxylation is 2. The zero-order valence-corrected chi connectivity index (χ0v) is 16.6. The van der Waals surface area contributed by atoms with Crippen molar-refractivity contribution in [2.24, 2.45) is 0 Å². The topological polar surface area (TPSA) is 70.8 Å².